The zero-order chi connectivity index (χ0) is 24.9. The highest BCUT2D eigenvalue weighted by Gasteiger charge is 2.38. The molecule has 1 aromatic carbocycles. The summed E-state index contributed by atoms with van der Waals surface area (Å²) in [6, 6.07) is 8.13. The Bertz CT molecular complexity index is 1220. The van der Waals surface area contributed by atoms with Crippen LogP contribution in [0, 0.1) is 0 Å². The topological polar surface area (TPSA) is 98.6 Å². The first kappa shape index (κ1) is 24.7. The second-order valence-electron chi connectivity index (χ2n) is 7.36. The number of carbonyl (C=O) groups excluding carboxylic acids is 1. The number of amides is 1. The lowest BCUT2D eigenvalue weighted by molar-refractivity contribution is -0.192. The van der Waals surface area contributed by atoms with Crippen LogP contribution >= 0.6 is 0 Å². The molecule has 0 fully saturated rings. The first-order chi connectivity index (χ1) is 16.2. The fourth-order valence-corrected chi connectivity index (χ4v) is 3.64. The van der Waals surface area contributed by atoms with Crippen LogP contribution in [0.15, 0.2) is 58.9 Å². The number of para-hydroxylation sites is 1. The molecule has 0 unspecified atom stereocenters. The molecule has 3 aromatic rings. The summed E-state index contributed by atoms with van der Waals surface area (Å²) in [6.45, 7) is 6.23. The highest BCUT2D eigenvalue weighted by molar-refractivity contribution is 6.09. The molecule has 34 heavy (non-hydrogen) atoms. The lowest BCUT2D eigenvalue weighted by atomic mass is 10.1. The fourth-order valence-electron chi connectivity index (χ4n) is 3.64. The minimum atomic E-state index is -5.08. The first-order valence-corrected chi connectivity index (χ1v) is 10.6. The molecule has 1 aliphatic rings. The lowest BCUT2D eigenvalue weighted by Gasteiger charge is -2.21. The number of carboxylic acids is 1. The molecule has 0 atom stereocenters. The molecule has 0 saturated carbocycles. The average molecular weight is 475 g/mol. The van der Waals surface area contributed by atoms with E-state index in [0.717, 1.165) is 30.7 Å². The third kappa shape index (κ3) is 5.51. The Balaban J connectivity index is 0.000000406. The number of hydrogen-bond acceptors (Lipinski definition) is 4. The van der Waals surface area contributed by atoms with E-state index >= 15 is 0 Å². The van der Waals surface area contributed by atoms with E-state index < -0.39 is 12.1 Å². The molecular formula is C24H24F3N3O4. The van der Waals surface area contributed by atoms with E-state index in [1.54, 1.807) is 6.07 Å². The number of carbonyl (C=O) groups is 2. The van der Waals surface area contributed by atoms with Gasteiger partial charge in [-0.2, -0.15) is 13.2 Å². The van der Waals surface area contributed by atoms with Gasteiger partial charge in [-0.1, -0.05) is 24.3 Å². The van der Waals surface area contributed by atoms with Crippen molar-refractivity contribution in [3.63, 3.8) is 0 Å². The molecule has 4 rings (SSSR count). The van der Waals surface area contributed by atoms with E-state index in [4.69, 9.17) is 14.3 Å². The number of halogens is 3. The van der Waals surface area contributed by atoms with Crippen molar-refractivity contribution in [3.8, 4) is 0 Å². The van der Waals surface area contributed by atoms with Crippen molar-refractivity contribution >= 4 is 40.2 Å². The molecule has 2 heterocycles. The van der Waals surface area contributed by atoms with Crippen molar-refractivity contribution in [3.05, 3.63) is 65.8 Å². The Morgan fingerprint density at radius 1 is 1.21 bits per heavy atom. The molecule has 1 amide bonds. The van der Waals surface area contributed by atoms with Crippen LogP contribution in [0.25, 0.3) is 17.0 Å². The van der Waals surface area contributed by atoms with Crippen LogP contribution in [0.4, 0.5) is 24.5 Å². The molecule has 2 aromatic heterocycles. The second kappa shape index (κ2) is 10.3. The van der Waals surface area contributed by atoms with Crippen molar-refractivity contribution in [2.75, 3.05) is 23.3 Å². The number of benzene rings is 1. The number of rotatable bonds is 5. The molecule has 1 aliphatic carbocycles. The monoisotopic (exact) mass is 475 g/mol. The molecule has 3 N–H and O–H groups in total. The smallest absolute Gasteiger partial charge is 0.475 e. The van der Waals surface area contributed by atoms with Gasteiger partial charge in [0.25, 0.3) is 5.91 Å². The number of aromatic amines is 1. The second-order valence-corrected chi connectivity index (χ2v) is 7.36. The van der Waals surface area contributed by atoms with Crippen LogP contribution in [0.2, 0.25) is 0 Å². The number of hydrogen-bond donors (Lipinski definition) is 3. The number of aliphatic carboxylic acids is 1. The third-order valence-corrected chi connectivity index (χ3v) is 5.26. The number of allylic oxidation sites excluding steroid dienone is 1. The summed E-state index contributed by atoms with van der Waals surface area (Å²) in [4.78, 5) is 27.4. The Morgan fingerprint density at radius 2 is 1.91 bits per heavy atom. The standard InChI is InChI=1S/C22H23N3O2.C2HF3O2/c1-3-25(4-2)20-10-6-9-18-17-8-5-7-15(13-19(17)24-21(18)20)22(26)23-16-11-12-27-14-16;3-2(4,5)1(6)7/h5-7,9-14,24H,3-4,8H2,1-2H3,(H,23,26);(H,6,7). The minimum absolute atomic E-state index is 0.150. The van der Waals surface area contributed by atoms with Gasteiger partial charge in [0.2, 0.25) is 0 Å². The SMILES string of the molecule is CCN(CC)c1cccc2c3c([nH]c12)C=C(C(=O)Nc1ccoc1)C=CC3.O=C(O)C(F)(F)F. The highest BCUT2D eigenvalue weighted by Crippen LogP contribution is 2.33. The van der Waals surface area contributed by atoms with Crippen LogP contribution in [-0.4, -0.2) is 41.2 Å². The minimum Gasteiger partial charge on any atom is -0.475 e. The summed E-state index contributed by atoms with van der Waals surface area (Å²) >= 11 is 0. The number of alkyl halides is 3. The molecule has 0 radical (unpaired) electrons. The van der Waals surface area contributed by atoms with Gasteiger partial charge < -0.3 is 24.7 Å². The number of aromatic nitrogens is 1. The van der Waals surface area contributed by atoms with E-state index in [1.807, 2.05) is 18.2 Å². The number of H-pyrrole nitrogens is 1. The van der Waals surface area contributed by atoms with Gasteiger partial charge in [-0.15, -0.1) is 0 Å². The van der Waals surface area contributed by atoms with E-state index in [1.165, 1.54) is 29.2 Å². The van der Waals surface area contributed by atoms with Crippen LogP contribution in [-0.2, 0) is 16.0 Å². The van der Waals surface area contributed by atoms with Crippen LogP contribution in [0.3, 0.4) is 0 Å². The number of furan rings is 1. The molecule has 0 bridgehead atoms. The first-order valence-electron chi connectivity index (χ1n) is 10.6. The van der Waals surface area contributed by atoms with Crippen LogP contribution in [0.1, 0.15) is 25.1 Å². The van der Waals surface area contributed by atoms with Gasteiger partial charge in [-0.05, 0) is 44.0 Å². The molecule has 0 saturated heterocycles. The zero-order valence-electron chi connectivity index (χ0n) is 18.6. The van der Waals surface area contributed by atoms with Crippen molar-refractivity contribution in [1.82, 2.24) is 4.98 Å². The molecule has 7 nitrogen and oxygen atoms in total. The Hall–Kier alpha value is -3.95. The molecule has 10 heteroatoms. The van der Waals surface area contributed by atoms with Gasteiger partial charge in [0.15, 0.2) is 0 Å². The number of carboxylic acid groups (broad SMARTS) is 1. The van der Waals surface area contributed by atoms with Crippen LogP contribution < -0.4 is 10.2 Å². The van der Waals surface area contributed by atoms with Crippen molar-refractivity contribution < 1.29 is 32.3 Å². The summed E-state index contributed by atoms with van der Waals surface area (Å²) in [5, 5.41) is 11.2. The van der Waals surface area contributed by atoms with Gasteiger partial charge in [-0.25, -0.2) is 4.79 Å². The number of anilines is 2. The molecule has 0 aliphatic heterocycles. The Morgan fingerprint density at radius 3 is 2.50 bits per heavy atom. The highest BCUT2D eigenvalue weighted by atomic mass is 19.4. The molecule has 0 spiro atoms. The van der Waals surface area contributed by atoms with E-state index in [0.29, 0.717) is 11.3 Å². The summed E-state index contributed by atoms with van der Waals surface area (Å²) in [5.74, 6) is -2.91. The summed E-state index contributed by atoms with van der Waals surface area (Å²) in [7, 11) is 0. The number of fused-ring (bicyclic) bond motifs is 3. The predicted octanol–water partition coefficient (Wildman–Crippen LogP) is 5.37. The zero-order valence-corrected chi connectivity index (χ0v) is 18.6. The summed E-state index contributed by atoms with van der Waals surface area (Å²) in [6.07, 6.45) is 4.62. The predicted molar refractivity (Wildman–Crippen MR) is 124 cm³/mol. The average Bonchev–Trinajstić information content (AvgIpc) is 3.36. The third-order valence-electron chi connectivity index (χ3n) is 5.26. The summed E-state index contributed by atoms with van der Waals surface area (Å²) in [5.41, 5.74) is 5.82. The molecule has 180 valence electrons. The fraction of sp³-hybridized carbons (Fsp3) is 0.250. The van der Waals surface area contributed by atoms with Crippen molar-refractivity contribution in [2.24, 2.45) is 0 Å². The van der Waals surface area contributed by atoms with E-state index in [2.05, 4.69) is 47.2 Å². The maximum atomic E-state index is 12.6. The number of nitrogens with one attached hydrogen (secondary N) is 2. The lowest BCUT2D eigenvalue weighted by Crippen LogP contribution is -2.21. The normalized spacial score (nSPS) is 12.8. The van der Waals surface area contributed by atoms with Gasteiger partial charge in [-0.3, -0.25) is 4.79 Å². The molecular weight excluding hydrogens is 451 g/mol. The van der Waals surface area contributed by atoms with Crippen molar-refractivity contribution in [1.29, 1.82) is 0 Å². The largest absolute Gasteiger partial charge is 0.490 e. The van der Waals surface area contributed by atoms with Gasteiger partial charge in [0.05, 0.1) is 23.2 Å². The number of nitrogens with zero attached hydrogens (tertiary/aromatic N) is 1. The Kier molecular flexibility index (Phi) is 7.50. The van der Waals surface area contributed by atoms with Gasteiger partial charge in [0, 0.05) is 29.7 Å². The van der Waals surface area contributed by atoms with Crippen LogP contribution in [0.5, 0.6) is 0 Å². The van der Waals surface area contributed by atoms with E-state index in [9.17, 15) is 18.0 Å². The maximum Gasteiger partial charge on any atom is 0.490 e. The summed E-state index contributed by atoms with van der Waals surface area (Å²) < 4.78 is 36.8. The maximum absolute atomic E-state index is 12.6. The van der Waals surface area contributed by atoms with Gasteiger partial charge >= 0.3 is 12.1 Å². The van der Waals surface area contributed by atoms with Crippen molar-refractivity contribution in [2.45, 2.75) is 26.4 Å². The van der Waals surface area contributed by atoms with E-state index in [-0.39, 0.29) is 5.91 Å². The Labute approximate surface area is 193 Å². The quantitative estimate of drug-likeness (QED) is 0.461. The van der Waals surface area contributed by atoms with Gasteiger partial charge in [0.1, 0.15) is 6.26 Å².